The average Bonchev–Trinajstić information content (AvgIpc) is 3.04. The van der Waals surface area contributed by atoms with Crippen LogP contribution in [-0.2, 0) is 14.9 Å². The van der Waals surface area contributed by atoms with Crippen molar-refractivity contribution in [2.75, 3.05) is 25.1 Å². The molecule has 1 aromatic rings. The summed E-state index contributed by atoms with van der Waals surface area (Å²) in [7, 11) is 0. The van der Waals surface area contributed by atoms with Crippen LogP contribution in [0.2, 0.25) is 0 Å². The number of rotatable bonds is 3. The molecule has 1 aromatic heterocycles. The van der Waals surface area contributed by atoms with Crippen molar-refractivity contribution in [2.45, 2.75) is 70.4 Å². The number of amides is 1. The molecule has 0 spiro atoms. The molecule has 1 atom stereocenters. The van der Waals surface area contributed by atoms with Gasteiger partial charge in [0.05, 0.1) is 6.04 Å². The van der Waals surface area contributed by atoms with Gasteiger partial charge in [-0.2, -0.15) is 0 Å². The van der Waals surface area contributed by atoms with Crippen molar-refractivity contribution in [1.29, 1.82) is 0 Å². The van der Waals surface area contributed by atoms with Crippen LogP contribution in [0.15, 0.2) is 10.6 Å². The lowest BCUT2D eigenvalue weighted by atomic mass is 9.93. The largest absolute Gasteiger partial charge is 0.381 e. The fourth-order valence-corrected chi connectivity index (χ4v) is 3.59. The molecule has 0 bridgehead atoms. The van der Waals surface area contributed by atoms with E-state index in [4.69, 9.17) is 9.26 Å². The number of anilines is 1. The Morgan fingerprint density at radius 1 is 1.25 bits per heavy atom. The second-order valence-corrected chi connectivity index (χ2v) is 7.91. The van der Waals surface area contributed by atoms with Crippen molar-refractivity contribution >= 4 is 11.7 Å². The number of hydrogen-bond acceptors (Lipinski definition) is 5. The molecule has 0 radical (unpaired) electrons. The van der Waals surface area contributed by atoms with Gasteiger partial charge in [-0.15, -0.1) is 0 Å². The third-order valence-electron chi connectivity index (χ3n) is 5.01. The Morgan fingerprint density at radius 2 is 2.00 bits per heavy atom. The lowest BCUT2D eigenvalue weighted by Gasteiger charge is -2.41. The molecule has 2 aliphatic heterocycles. The standard InChI is InChI=1S/C18H29N3O3/c1-18(2,3)15-12-16(20-24-15)19-17(22)14-6-4-5-9-21(14)13-7-10-23-11-8-13/h12-14H,4-11H2,1-3H3,(H,19,20,22)/t14-/m0/s1. The number of likely N-dealkylation sites (tertiary alicyclic amines) is 1. The Kier molecular flexibility index (Phi) is 5.25. The molecule has 24 heavy (non-hydrogen) atoms. The summed E-state index contributed by atoms with van der Waals surface area (Å²) in [5.41, 5.74) is -0.116. The molecule has 1 amide bonds. The number of hydrogen-bond donors (Lipinski definition) is 1. The Hall–Kier alpha value is -1.40. The maximum absolute atomic E-state index is 12.8. The van der Waals surface area contributed by atoms with E-state index in [0.29, 0.717) is 11.9 Å². The van der Waals surface area contributed by atoms with Crippen LogP contribution in [-0.4, -0.2) is 47.8 Å². The molecule has 0 aliphatic carbocycles. The molecule has 6 heteroatoms. The van der Waals surface area contributed by atoms with Crippen LogP contribution in [0.1, 0.15) is 58.6 Å². The number of carbonyl (C=O) groups is 1. The number of nitrogens with one attached hydrogen (secondary N) is 1. The minimum absolute atomic E-state index is 0.0370. The summed E-state index contributed by atoms with van der Waals surface area (Å²) >= 11 is 0. The zero-order chi connectivity index (χ0) is 17.2. The number of aromatic nitrogens is 1. The normalized spacial score (nSPS) is 24.0. The Labute approximate surface area is 143 Å². The van der Waals surface area contributed by atoms with Gasteiger partial charge in [0, 0.05) is 30.7 Å². The van der Waals surface area contributed by atoms with Gasteiger partial charge < -0.3 is 14.6 Å². The van der Waals surface area contributed by atoms with Gasteiger partial charge in [0.25, 0.3) is 0 Å². The van der Waals surface area contributed by atoms with E-state index in [1.807, 2.05) is 6.07 Å². The van der Waals surface area contributed by atoms with Crippen molar-refractivity contribution in [2.24, 2.45) is 0 Å². The van der Waals surface area contributed by atoms with Crippen molar-refractivity contribution < 1.29 is 14.1 Å². The van der Waals surface area contributed by atoms with Gasteiger partial charge >= 0.3 is 0 Å². The van der Waals surface area contributed by atoms with Crippen LogP contribution in [0.5, 0.6) is 0 Å². The smallest absolute Gasteiger partial charge is 0.242 e. The molecule has 134 valence electrons. The highest BCUT2D eigenvalue weighted by molar-refractivity contribution is 5.94. The van der Waals surface area contributed by atoms with E-state index in [1.54, 1.807) is 0 Å². The predicted molar refractivity (Wildman–Crippen MR) is 92.0 cm³/mol. The fourth-order valence-electron chi connectivity index (χ4n) is 3.59. The molecular weight excluding hydrogens is 306 g/mol. The Morgan fingerprint density at radius 3 is 2.67 bits per heavy atom. The minimum atomic E-state index is -0.116. The highest BCUT2D eigenvalue weighted by atomic mass is 16.5. The minimum Gasteiger partial charge on any atom is -0.381 e. The SMILES string of the molecule is CC(C)(C)c1cc(NC(=O)[C@@H]2CCCCN2C2CCOCC2)no1. The first-order chi connectivity index (χ1) is 11.4. The van der Waals surface area contributed by atoms with Gasteiger partial charge in [0.2, 0.25) is 5.91 Å². The number of carbonyl (C=O) groups excluding carboxylic acids is 1. The first-order valence-corrected chi connectivity index (χ1v) is 9.07. The highest BCUT2D eigenvalue weighted by Gasteiger charge is 2.34. The maximum atomic E-state index is 12.8. The summed E-state index contributed by atoms with van der Waals surface area (Å²) in [6.45, 7) is 8.78. The molecule has 2 saturated heterocycles. The molecule has 2 aliphatic rings. The van der Waals surface area contributed by atoms with Gasteiger partial charge in [-0.3, -0.25) is 9.69 Å². The number of ether oxygens (including phenoxy) is 1. The molecule has 6 nitrogen and oxygen atoms in total. The lowest BCUT2D eigenvalue weighted by molar-refractivity contribution is -0.124. The van der Waals surface area contributed by atoms with E-state index in [1.165, 1.54) is 6.42 Å². The van der Waals surface area contributed by atoms with Crippen molar-refractivity contribution in [3.8, 4) is 0 Å². The van der Waals surface area contributed by atoms with E-state index >= 15 is 0 Å². The van der Waals surface area contributed by atoms with E-state index < -0.39 is 0 Å². The molecule has 0 saturated carbocycles. The van der Waals surface area contributed by atoms with E-state index in [-0.39, 0.29) is 17.4 Å². The Balaban J connectivity index is 1.66. The zero-order valence-electron chi connectivity index (χ0n) is 15.0. The molecule has 2 fully saturated rings. The summed E-state index contributed by atoms with van der Waals surface area (Å²) in [5, 5.41) is 6.97. The van der Waals surface area contributed by atoms with Crippen LogP contribution < -0.4 is 5.32 Å². The van der Waals surface area contributed by atoms with Crippen LogP contribution in [0.3, 0.4) is 0 Å². The van der Waals surface area contributed by atoms with Gasteiger partial charge in [-0.25, -0.2) is 0 Å². The van der Waals surface area contributed by atoms with Crippen LogP contribution in [0.4, 0.5) is 5.82 Å². The fraction of sp³-hybridized carbons (Fsp3) is 0.778. The molecule has 0 unspecified atom stereocenters. The summed E-state index contributed by atoms with van der Waals surface area (Å²) in [6.07, 6.45) is 5.21. The first-order valence-electron chi connectivity index (χ1n) is 9.07. The van der Waals surface area contributed by atoms with Crippen molar-refractivity contribution in [1.82, 2.24) is 10.1 Å². The van der Waals surface area contributed by atoms with Gasteiger partial charge in [0.1, 0.15) is 5.76 Å². The molecule has 3 rings (SSSR count). The topological polar surface area (TPSA) is 67.6 Å². The van der Waals surface area contributed by atoms with E-state index in [9.17, 15) is 4.79 Å². The van der Waals surface area contributed by atoms with Crippen molar-refractivity contribution in [3.05, 3.63) is 11.8 Å². The summed E-state index contributed by atoms with van der Waals surface area (Å²) in [5.74, 6) is 1.33. The van der Waals surface area contributed by atoms with E-state index in [2.05, 4.69) is 36.1 Å². The number of nitrogens with zero attached hydrogens (tertiary/aromatic N) is 2. The third-order valence-corrected chi connectivity index (χ3v) is 5.01. The summed E-state index contributed by atoms with van der Waals surface area (Å²) < 4.78 is 10.8. The highest BCUT2D eigenvalue weighted by Crippen LogP contribution is 2.27. The van der Waals surface area contributed by atoms with Gasteiger partial charge in [0.15, 0.2) is 5.82 Å². The molecular formula is C18H29N3O3. The monoisotopic (exact) mass is 335 g/mol. The van der Waals surface area contributed by atoms with Gasteiger partial charge in [-0.05, 0) is 32.2 Å². The summed E-state index contributed by atoms with van der Waals surface area (Å²) in [4.78, 5) is 15.2. The van der Waals surface area contributed by atoms with Crippen LogP contribution in [0.25, 0.3) is 0 Å². The molecule has 3 heterocycles. The quantitative estimate of drug-likeness (QED) is 0.920. The van der Waals surface area contributed by atoms with Crippen LogP contribution in [0, 0.1) is 0 Å². The second-order valence-electron chi connectivity index (χ2n) is 7.91. The maximum Gasteiger partial charge on any atom is 0.242 e. The zero-order valence-corrected chi connectivity index (χ0v) is 15.0. The average molecular weight is 335 g/mol. The second kappa shape index (κ2) is 7.23. The van der Waals surface area contributed by atoms with Crippen molar-refractivity contribution in [3.63, 3.8) is 0 Å². The molecule has 0 aromatic carbocycles. The number of piperidine rings is 1. The lowest BCUT2D eigenvalue weighted by Crippen LogP contribution is -2.53. The summed E-state index contributed by atoms with van der Waals surface area (Å²) in [6, 6.07) is 2.22. The third kappa shape index (κ3) is 3.98. The van der Waals surface area contributed by atoms with Gasteiger partial charge in [-0.1, -0.05) is 32.3 Å². The Bertz CT molecular complexity index is 558. The first kappa shape index (κ1) is 17.4. The molecule has 1 N–H and O–H groups in total. The van der Waals surface area contributed by atoms with E-state index in [0.717, 1.165) is 51.2 Å². The van der Waals surface area contributed by atoms with Crippen LogP contribution >= 0.6 is 0 Å². The predicted octanol–water partition coefficient (Wildman–Crippen LogP) is 2.94.